The third kappa shape index (κ3) is 5.41. The molecule has 18 N–H and O–H groups in total. The van der Waals surface area contributed by atoms with Crippen molar-refractivity contribution < 1.29 is 0 Å². The van der Waals surface area contributed by atoms with Gasteiger partial charge in [-0.15, -0.1) is 0 Å². The summed E-state index contributed by atoms with van der Waals surface area (Å²) in [5.41, 5.74) is 28.0. The van der Waals surface area contributed by atoms with Crippen LogP contribution in [0.25, 0.3) is 89.7 Å². The molecule has 0 saturated carbocycles. The standard InChI is InChI=1S/C36H30N20/c37-33(38)45-21-19-20(22(46-34(39)40)24(48-36(43)44)23(21)47-35(41)42)32-55-30-18-12-6-4-10-16(18)28(53-30)51-26-14-8-2-1-7-13(14)25(49-26)50-27-15-9-3-5-11-17(15)29(52-27)54-31(19)56-32/h1-12H,(H4,37,38,45)(H4,39,40,46)(H4,41,42,47)(H4,43,44,48)(H2,49,50,51,52,53,54,55,56). The van der Waals surface area contributed by atoms with E-state index in [9.17, 15) is 0 Å². The van der Waals surface area contributed by atoms with Gasteiger partial charge in [0.25, 0.3) is 0 Å². The molecule has 274 valence electrons. The second-order valence-electron chi connectivity index (χ2n) is 12.7. The van der Waals surface area contributed by atoms with Crippen LogP contribution in [0.3, 0.4) is 0 Å². The van der Waals surface area contributed by atoms with Crippen molar-refractivity contribution in [2.45, 2.75) is 0 Å². The summed E-state index contributed by atoms with van der Waals surface area (Å²) >= 11 is 0. The average molecular weight is 743 g/mol. The molecule has 4 aromatic carbocycles. The Hall–Kier alpha value is -8.68. The predicted molar refractivity (Wildman–Crippen MR) is 218 cm³/mol. The van der Waals surface area contributed by atoms with Gasteiger partial charge < -0.3 is 54.2 Å². The summed E-state index contributed by atoms with van der Waals surface area (Å²) in [5.74, 6) is -0.679. The summed E-state index contributed by atoms with van der Waals surface area (Å²) in [4.78, 5) is 36.7. The average Bonchev–Trinajstić information content (AvgIpc) is 3.89. The van der Waals surface area contributed by atoms with E-state index in [0.717, 1.165) is 10.8 Å². The quantitative estimate of drug-likeness (QED) is 0.0892. The fourth-order valence-corrected chi connectivity index (χ4v) is 6.94. The van der Waals surface area contributed by atoms with Crippen molar-refractivity contribution in [1.82, 2.24) is 39.9 Å². The van der Waals surface area contributed by atoms with Crippen molar-refractivity contribution in [3.63, 3.8) is 0 Å². The first-order valence-corrected chi connectivity index (χ1v) is 16.8. The van der Waals surface area contributed by atoms with Crippen LogP contribution < -0.4 is 44.2 Å². The molecule has 0 amide bonds. The van der Waals surface area contributed by atoms with E-state index >= 15 is 0 Å². The van der Waals surface area contributed by atoms with Crippen LogP contribution >= 0.6 is 0 Å². The van der Waals surface area contributed by atoms with Crippen LogP contribution in [0.15, 0.2) is 72.8 Å². The van der Waals surface area contributed by atoms with Crippen molar-refractivity contribution in [2.24, 2.45) is 22.9 Å². The summed E-state index contributed by atoms with van der Waals surface area (Å²) in [6, 6.07) is 22.8. The summed E-state index contributed by atoms with van der Waals surface area (Å²) < 4.78 is 0. The van der Waals surface area contributed by atoms with E-state index in [-0.39, 0.29) is 56.5 Å². The molecule has 0 atom stereocenters. The molecule has 2 aliphatic rings. The van der Waals surface area contributed by atoms with Gasteiger partial charge in [0.2, 0.25) is 0 Å². The first kappa shape index (κ1) is 33.2. The molecule has 2 aliphatic heterocycles. The third-order valence-corrected chi connectivity index (χ3v) is 9.04. The number of hydrogen-bond donors (Lipinski definition) is 14. The van der Waals surface area contributed by atoms with Gasteiger partial charge in [-0.2, -0.15) is 0 Å². The number of rotatable bonds is 4. The molecule has 20 heteroatoms. The molecule has 5 heterocycles. The molecule has 0 spiro atoms. The monoisotopic (exact) mass is 742 g/mol. The molecule has 9 rings (SSSR count). The molecule has 7 aromatic rings. The number of nitrogens with two attached hydrogens (primary N) is 4. The van der Waals surface area contributed by atoms with E-state index in [4.69, 9.17) is 74.5 Å². The second-order valence-corrected chi connectivity index (χ2v) is 12.7. The maximum Gasteiger partial charge on any atom is 0.190 e. The van der Waals surface area contributed by atoms with Crippen LogP contribution in [0.2, 0.25) is 0 Å². The van der Waals surface area contributed by atoms with Crippen molar-refractivity contribution in [1.29, 1.82) is 21.6 Å². The van der Waals surface area contributed by atoms with E-state index < -0.39 is 23.8 Å². The van der Waals surface area contributed by atoms with E-state index in [0.29, 0.717) is 45.2 Å². The Morgan fingerprint density at radius 1 is 0.393 bits per heavy atom. The Morgan fingerprint density at radius 2 is 0.679 bits per heavy atom. The zero-order valence-corrected chi connectivity index (χ0v) is 28.9. The summed E-state index contributed by atoms with van der Waals surface area (Å²) in [6.07, 6.45) is 0. The summed E-state index contributed by atoms with van der Waals surface area (Å²) in [6.45, 7) is 0. The van der Waals surface area contributed by atoms with Gasteiger partial charge in [-0.25, -0.2) is 29.9 Å². The number of hydrogen-bond acceptors (Lipinski definition) is 10. The van der Waals surface area contributed by atoms with Gasteiger partial charge in [-0.1, -0.05) is 72.8 Å². The minimum atomic E-state index is -0.515. The number of guanidine groups is 4. The smallest absolute Gasteiger partial charge is 0.190 e. The number of H-pyrrole nitrogens is 2. The largest absolute Gasteiger partial charge is 0.370 e. The molecular weight excluding hydrogens is 713 g/mol. The zero-order valence-electron chi connectivity index (χ0n) is 28.9. The number of nitrogens with zero attached hydrogens (tertiary/aromatic N) is 6. The van der Waals surface area contributed by atoms with Gasteiger partial charge in [-0.3, -0.25) is 21.6 Å². The van der Waals surface area contributed by atoms with Gasteiger partial charge in [0.15, 0.2) is 47.1 Å². The normalized spacial score (nSPS) is 11.4. The minimum absolute atomic E-state index is 0.00946. The number of fused-ring (bicyclic) bond motifs is 20. The summed E-state index contributed by atoms with van der Waals surface area (Å²) in [5, 5.41) is 46.2. The molecule has 0 radical (unpaired) electrons. The highest BCUT2D eigenvalue weighted by atomic mass is 15.2. The lowest BCUT2D eigenvalue weighted by atomic mass is 10.0. The lowest BCUT2D eigenvalue weighted by Crippen LogP contribution is -2.29. The molecule has 20 nitrogen and oxygen atoms in total. The van der Waals surface area contributed by atoms with Gasteiger partial charge in [0.05, 0.1) is 33.5 Å². The SMILES string of the molecule is N=C(N)Nc1c(NC(=N)N)c(NC(=N)N)c2c3nc4nc(nc5[nH]c(nc6nc(nc([nH]3)c2c1NC(=N)N)-c1ccccc1-6)c1ccccc51)-c1ccccc1-4. The number of benzene rings is 4. The highest BCUT2D eigenvalue weighted by Gasteiger charge is 2.28. The predicted octanol–water partition coefficient (Wildman–Crippen LogP) is 4.09. The van der Waals surface area contributed by atoms with Crippen LogP contribution in [-0.4, -0.2) is 63.7 Å². The van der Waals surface area contributed by atoms with Crippen molar-refractivity contribution >= 4 is 90.7 Å². The van der Waals surface area contributed by atoms with Crippen LogP contribution in [0, 0.1) is 21.6 Å². The Labute approximate surface area is 314 Å². The number of aromatic amines is 2. The van der Waals surface area contributed by atoms with Crippen LogP contribution in [0.1, 0.15) is 0 Å². The number of anilines is 4. The van der Waals surface area contributed by atoms with Gasteiger partial charge in [0.1, 0.15) is 22.6 Å². The van der Waals surface area contributed by atoms with Crippen LogP contribution in [-0.2, 0) is 0 Å². The Balaban J connectivity index is 1.55. The van der Waals surface area contributed by atoms with E-state index in [1.807, 2.05) is 72.8 Å². The molecule has 56 heavy (non-hydrogen) atoms. The topological polar surface area (TPSA) is 357 Å². The van der Waals surface area contributed by atoms with E-state index in [2.05, 4.69) is 31.2 Å². The third-order valence-electron chi connectivity index (χ3n) is 9.04. The first-order chi connectivity index (χ1) is 27.0. The lowest BCUT2D eigenvalue weighted by Gasteiger charge is -2.22. The molecule has 0 unspecified atom stereocenters. The minimum Gasteiger partial charge on any atom is -0.370 e. The van der Waals surface area contributed by atoms with E-state index in [1.54, 1.807) is 0 Å². The van der Waals surface area contributed by atoms with Crippen molar-refractivity contribution in [3.8, 4) is 45.6 Å². The first-order valence-electron chi connectivity index (χ1n) is 16.8. The van der Waals surface area contributed by atoms with Gasteiger partial charge in [-0.05, 0) is 0 Å². The summed E-state index contributed by atoms with van der Waals surface area (Å²) in [7, 11) is 0. The number of nitrogens with one attached hydrogen (secondary N) is 10. The maximum absolute atomic E-state index is 8.29. The zero-order chi connectivity index (χ0) is 38.8. The number of aromatic nitrogens is 8. The molecule has 0 aliphatic carbocycles. The maximum atomic E-state index is 8.29. The Bertz CT molecular complexity index is 2870. The van der Waals surface area contributed by atoms with Gasteiger partial charge in [0, 0.05) is 33.0 Å². The van der Waals surface area contributed by atoms with Gasteiger partial charge >= 0.3 is 0 Å². The van der Waals surface area contributed by atoms with E-state index in [1.165, 1.54) is 0 Å². The van der Waals surface area contributed by atoms with Crippen LogP contribution in [0.5, 0.6) is 0 Å². The highest BCUT2D eigenvalue weighted by molar-refractivity contribution is 6.29. The molecular formula is C36H30N20. The molecule has 8 bridgehead atoms. The molecule has 0 fully saturated rings. The lowest BCUT2D eigenvalue weighted by molar-refractivity contribution is 1.19. The van der Waals surface area contributed by atoms with Crippen molar-refractivity contribution in [3.05, 3.63) is 72.8 Å². The molecule has 0 saturated heterocycles. The highest BCUT2D eigenvalue weighted by Crippen LogP contribution is 2.48. The van der Waals surface area contributed by atoms with Crippen molar-refractivity contribution in [2.75, 3.05) is 21.3 Å². The Kier molecular flexibility index (Phi) is 7.39. The fourth-order valence-electron chi connectivity index (χ4n) is 6.94. The molecule has 3 aromatic heterocycles. The van der Waals surface area contributed by atoms with Crippen LogP contribution in [0.4, 0.5) is 22.7 Å². The second kappa shape index (κ2) is 12.5. The fraction of sp³-hybridized carbons (Fsp3) is 0. The Morgan fingerprint density at radius 3 is 1.02 bits per heavy atom.